The van der Waals surface area contributed by atoms with Gasteiger partial charge in [-0.25, -0.2) is 4.79 Å². The van der Waals surface area contributed by atoms with Gasteiger partial charge in [0, 0.05) is 22.0 Å². The minimum Gasteiger partial charge on any atom is -0.479 e. The van der Waals surface area contributed by atoms with Crippen molar-refractivity contribution < 1.29 is 19.1 Å². The summed E-state index contributed by atoms with van der Waals surface area (Å²) in [4.78, 5) is 30.2. The van der Waals surface area contributed by atoms with Crippen LogP contribution in [0.1, 0.15) is 43.5 Å². The number of carbonyl (C=O) groups excluding carboxylic acids is 2. The van der Waals surface area contributed by atoms with Crippen LogP contribution in [0.3, 0.4) is 0 Å². The number of ketones is 1. The van der Waals surface area contributed by atoms with Gasteiger partial charge in [-0.1, -0.05) is 31.5 Å². The predicted octanol–water partition coefficient (Wildman–Crippen LogP) is 5.71. The van der Waals surface area contributed by atoms with E-state index in [1.165, 1.54) is 11.8 Å². The second-order valence-electron chi connectivity index (χ2n) is 7.06. The highest BCUT2D eigenvalue weighted by molar-refractivity contribution is 8.00. The summed E-state index contributed by atoms with van der Waals surface area (Å²) < 4.78 is 11.0. The molecule has 0 radical (unpaired) electrons. The third-order valence-electron chi connectivity index (χ3n) is 4.79. The minimum atomic E-state index is -0.628. The predicted molar refractivity (Wildman–Crippen MR) is 124 cm³/mol. The Morgan fingerprint density at radius 2 is 1.81 bits per heavy atom. The van der Waals surface area contributed by atoms with Crippen molar-refractivity contribution in [1.29, 1.82) is 0 Å². The fraction of sp³-hybridized carbons (Fsp3) is 0.320. The Bertz CT molecular complexity index is 1010. The van der Waals surface area contributed by atoms with Crippen molar-refractivity contribution in [1.82, 2.24) is 4.98 Å². The van der Waals surface area contributed by atoms with E-state index in [2.05, 4.69) is 11.9 Å². The molecule has 1 aromatic heterocycles. The maximum Gasteiger partial charge on any atom is 0.347 e. The SMILES string of the molecule is CCCCC(Oc1ccc(C(=O)CSc2ccnc3ccccc23)cc1)C(=O)OCC. The van der Waals surface area contributed by atoms with Gasteiger partial charge in [0.05, 0.1) is 17.9 Å². The fourth-order valence-corrected chi connectivity index (χ4v) is 4.09. The average Bonchev–Trinajstić information content (AvgIpc) is 2.80. The summed E-state index contributed by atoms with van der Waals surface area (Å²) in [5.74, 6) is 0.567. The van der Waals surface area contributed by atoms with Crippen LogP contribution in [0.2, 0.25) is 0 Å². The Morgan fingerprint density at radius 1 is 1.03 bits per heavy atom. The van der Waals surface area contributed by atoms with Gasteiger partial charge in [0.1, 0.15) is 5.75 Å². The molecular weight excluding hydrogens is 410 g/mol. The van der Waals surface area contributed by atoms with E-state index in [0.717, 1.165) is 28.6 Å². The molecule has 0 bridgehead atoms. The van der Waals surface area contributed by atoms with Gasteiger partial charge in [-0.3, -0.25) is 9.78 Å². The van der Waals surface area contributed by atoms with E-state index < -0.39 is 6.10 Å². The summed E-state index contributed by atoms with van der Waals surface area (Å²) in [5, 5.41) is 1.05. The molecule has 1 heterocycles. The number of hydrogen-bond acceptors (Lipinski definition) is 6. The van der Waals surface area contributed by atoms with Gasteiger partial charge in [-0.2, -0.15) is 0 Å². The third kappa shape index (κ3) is 6.31. The number of para-hydroxylation sites is 1. The van der Waals surface area contributed by atoms with Crippen LogP contribution in [-0.2, 0) is 9.53 Å². The summed E-state index contributed by atoms with van der Waals surface area (Å²) >= 11 is 1.50. The molecule has 0 aliphatic heterocycles. The maximum atomic E-state index is 12.7. The molecule has 0 amide bonds. The van der Waals surface area contributed by atoms with Crippen molar-refractivity contribution in [2.24, 2.45) is 0 Å². The molecule has 0 fully saturated rings. The molecular formula is C25H27NO4S. The Labute approximate surface area is 187 Å². The Hall–Kier alpha value is -2.86. The van der Waals surface area contributed by atoms with Gasteiger partial charge in [-0.15, -0.1) is 11.8 Å². The van der Waals surface area contributed by atoms with Gasteiger partial charge in [0.2, 0.25) is 0 Å². The number of ether oxygens (including phenoxy) is 2. The number of benzene rings is 2. The minimum absolute atomic E-state index is 0.0327. The summed E-state index contributed by atoms with van der Waals surface area (Å²) in [6.45, 7) is 4.17. The van der Waals surface area contributed by atoms with E-state index in [1.54, 1.807) is 37.4 Å². The van der Waals surface area contributed by atoms with E-state index in [9.17, 15) is 9.59 Å². The number of thioether (sulfide) groups is 1. The van der Waals surface area contributed by atoms with Crippen LogP contribution in [0, 0.1) is 0 Å². The number of carbonyl (C=O) groups is 2. The first-order valence-electron chi connectivity index (χ1n) is 10.6. The molecule has 0 saturated heterocycles. The highest BCUT2D eigenvalue weighted by atomic mass is 32.2. The maximum absolute atomic E-state index is 12.7. The number of esters is 1. The first-order valence-corrected chi connectivity index (χ1v) is 11.5. The zero-order chi connectivity index (χ0) is 22.1. The van der Waals surface area contributed by atoms with Gasteiger partial charge in [-0.05, 0) is 56.2 Å². The Morgan fingerprint density at radius 3 is 2.55 bits per heavy atom. The van der Waals surface area contributed by atoms with Crippen molar-refractivity contribution in [3.05, 3.63) is 66.4 Å². The van der Waals surface area contributed by atoms with Crippen LogP contribution in [0.15, 0.2) is 65.7 Å². The van der Waals surface area contributed by atoms with Crippen LogP contribution in [0.4, 0.5) is 0 Å². The van der Waals surface area contributed by atoms with E-state index in [1.807, 2.05) is 30.3 Å². The standard InChI is InChI=1S/C25H27NO4S/c1-3-5-10-23(25(28)29-4-2)30-19-13-11-18(12-14-19)22(27)17-31-24-15-16-26-21-9-7-6-8-20(21)24/h6-9,11-16,23H,3-5,10,17H2,1-2H3. The van der Waals surface area contributed by atoms with E-state index in [4.69, 9.17) is 9.47 Å². The summed E-state index contributed by atoms with van der Waals surface area (Å²) in [5.41, 5.74) is 1.53. The molecule has 0 spiro atoms. The second-order valence-corrected chi connectivity index (χ2v) is 8.08. The molecule has 31 heavy (non-hydrogen) atoms. The van der Waals surface area contributed by atoms with E-state index in [-0.39, 0.29) is 11.8 Å². The smallest absolute Gasteiger partial charge is 0.347 e. The third-order valence-corrected chi connectivity index (χ3v) is 5.87. The lowest BCUT2D eigenvalue weighted by Gasteiger charge is -2.17. The number of unbranched alkanes of at least 4 members (excludes halogenated alkanes) is 1. The number of hydrogen-bond donors (Lipinski definition) is 0. The number of rotatable bonds is 11. The van der Waals surface area contributed by atoms with Crippen LogP contribution in [-0.4, -0.2) is 35.2 Å². The van der Waals surface area contributed by atoms with Crippen LogP contribution >= 0.6 is 11.8 Å². The number of nitrogens with zero attached hydrogens (tertiary/aromatic N) is 1. The molecule has 5 nitrogen and oxygen atoms in total. The van der Waals surface area contributed by atoms with E-state index in [0.29, 0.717) is 30.1 Å². The second kappa shape index (κ2) is 11.5. The molecule has 162 valence electrons. The Balaban J connectivity index is 1.62. The quantitative estimate of drug-likeness (QED) is 0.217. The Kier molecular flexibility index (Phi) is 8.47. The average molecular weight is 438 g/mol. The van der Waals surface area contributed by atoms with Crippen molar-refractivity contribution in [2.45, 2.75) is 44.1 Å². The van der Waals surface area contributed by atoms with Crippen LogP contribution in [0.5, 0.6) is 5.75 Å². The molecule has 3 aromatic rings. The van der Waals surface area contributed by atoms with E-state index >= 15 is 0 Å². The normalized spacial score (nSPS) is 11.8. The molecule has 2 aromatic carbocycles. The number of aromatic nitrogens is 1. The zero-order valence-corrected chi connectivity index (χ0v) is 18.7. The summed E-state index contributed by atoms with van der Waals surface area (Å²) in [6, 6.07) is 16.8. The van der Waals surface area contributed by atoms with Crippen LogP contribution in [0.25, 0.3) is 10.9 Å². The number of Topliss-reactive ketones (excluding diaryl/α,β-unsaturated/α-hetero) is 1. The first kappa shape index (κ1) is 22.8. The lowest BCUT2D eigenvalue weighted by Crippen LogP contribution is -2.29. The van der Waals surface area contributed by atoms with Gasteiger partial charge < -0.3 is 9.47 Å². The molecule has 0 aliphatic carbocycles. The largest absolute Gasteiger partial charge is 0.479 e. The van der Waals surface area contributed by atoms with Crippen molar-refractivity contribution in [2.75, 3.05) is 12.4 Å². The molecule has 0 aliphatic rings. The molecule has 0 saturated carbocycles. The highest BCUT2D eigenvalue weighted by Crippen LogP contribution is 2.27. The molecule has 1 atom stereocenters. The first-order chi connectivity index (χ1) is 15.1. The monoisotopic (exact) mass is 437 g/mol. The van der Waals surface area contributed by atoms with Crippen molar-refractivity contribution in [3.8, 4) is 5.75 Å². The van der Waals surface area contributed by atoms with Crippen molar-refractivity contribution >= 4 is 34.4 Å². The fourth-order valence-electron chi connectivity index (χ4n) is 3.16. The zero-order valence-electron chi connectivity index (χ0n) is 17.9. The molecule has 3 rings (SSSR count). The highest BCUT2D eigenvalue weighted by Gasteiger charge is 2.21. The molecule has 0 N–H and O–H groups in total. The number of fused-ring (bicyclic) bond motifs is 1. The van der Waals surface area contributed by atoms with Crippen molar-refractivity contribution in [3.63, 3.8) is 0 Å². The van der Waals surface area contributed by atoms with Gasteiger partial charge in [0.15, 0.2) is 11.9 Å². The topological polar surface area (TPSA) is 65.5 Å². The number of pyridine rings is 1. The van der Waals surface area contributed by atoms with Crippen LogP contribution < -0.4 is 4.74 Å². The molecule has 1 unspecified atom stereocenters. The lowest BCUT2D eigenvalue weighted by molar-refractivity contribution is -0.151. The summed E-state index contributed by atoms with van der Waals surface area (Å²) in [7, 11) is 0. The molecule has 6 heteroatoms. The summed E-state index contributed by atoms with van der Waals surface area (Å²) in [6.07, 6.45) is 3.58. The lowest BCUT2D eigenvalue weighted by atomic mass is 10.1. The van der Waals surface area contributed by atoms with Gasteiger partial charge in [0.25, 0.3) is 0 Å². The van der Waals surface area contributed by atoms with Gasteiger partial charge >= 0.3 is 5.97 Å².